The molecule has 2 aliphatic heterocycles. The number of fused-ring (bicyclic) bond motifs is 1. The lowest BCUT2D eigenvalue weighted by atomic mass is 10.1. The SMILES string of the molecule is CN1CCO[C@@H]2CN(Cc3cccc(OCc4ccccn4)c3)C[C@H]21. The van der Waals surface area contributed by atoms with E-state index in [0.29, 0.717) is 18.8 Å². The van der Waals surface area contributed by atoms with Crippen LogP contribution < -0.4 is 4.74 Å². The van der Waals surface area contributed by atoms with Crippen molar-refractivity contribution in [3.63, 3.8) is 0 Å². The molecule has 0 amide bonds. The van der Waals surface area contributed by atoms with Gasteiger partial charge < -0.3 is 9.47 Å². The molecule has 132 valence electrons. The molecule has 2 fully saturated rings. The van der Waals surface area contributed by atoms with E-state index in [9.17, 15) is 0 Å². The van der Waals surface area contributed by atoms with Crippen LogP contribution in [0.3, 0.4) is 0 Å². The van der Waals surface area contributed by atoms with Gasteiger partial charge in [0, 0.05) is 38.4 Å². The van der Waals surface area contributed by atoms with Crippen molar-refractivity contribution in [2.75, 3.05) is 33.3 Å². The maximum atomic E-state index is 5.94. The number of likely N-dealkylation sites (N-methyl/N-ethyl adjacent to an activating group) is 1. The first-order valence-electron chi connectivity index (χ1n) is 8.94. The molecule has 3 heterocycles. The Bertz CT molecular complexity index is 694. The summed E-state index contributed by atoms with van der Waals surface area (Å²) < 4.78 is 11.8. The van der Waals surface area contributed by atoms with Gasteiger partial charge in [-0.2, -0.15) is 0 Å². The number of hydrogen-bond acceptors (Lipinski definition) is 5. The van der Waals surface area contributed by atoms with Crippen LogP contribution in [0.2, 0.25) is 0 Å². The highest BCUT2D eigenvalue weighted by Gasteiger charge is 2.38. The average Bonchev–Trinajstić information content (AvgIpc) is 3.05. The van der Waals surface area contributed by atoms with Gasteiger partial charge in [-0.25, -0.2) is 0 Å². The largest absolute Gasteiger partial charge is 0.487 e. The Hall–Kier alpha value is -1.95. The quantitative estimate of drug-likeness (QED) is 0.835. The van der Waals surface area contributed by atoms with Crippen molar-refractivity contribution in [1.82, 2.24) is 14.8 Å². The summed E-state index contributed by atoms with van der Waals surface area (Å²) in [4.78, 5) is 9.21. The van der Waals surface area contributed by atoms with Crippen molar-refractivity contribution in [2.45, 2.75) is 25.3 Å². The summed E-state index contributed by atoms with van der Waals surface area (Å²) in [5.41, 5.74) is 2.22. The summed E-state index contributed by atoms with van der Waals surface area (Å²) in [6, 6.07) is 14.8. The summed E-state index contributed by atoms with van der Waals surface area (Å²) in [6.07, 6.45) is 2.14. The molecule has 1 aromatic carbocycles. The molecule has 2 aromatic rings. The Kier molecular flexibility index (Phi) is 4.97. The number of pyridine rings is 1. The van der Waals surface area contributed by atoms with Gasteiger partial charge in [-0.1, -0.05) is 18.2 Å². The first-order valence-corrected chi connectivity index (χ1v) is 8.94. The Labute approximate surface area is 149 Å². The zero-order valence-corrected chi connectivity index (χ0v) is 14.7. The normalized spacial score (nSPS) is 24.2. The van der Waals surface area contributed by atoms with Gasteiger partial charge in [-0.15, -0.1) is 0 Å². The zero-order chi connectivity index (χ0) is 17.1. The Balaban J connectivity index is 1.35. The van der Waals surface area contributed by atoms with Crippen molar-refractivity contribution in [1.29, 1.82) is 0 Å². The van der Waals surface area contributed by atoms with Crippen molar-refractivity contribution in [2.24, 2.45) is 0 Å². The van der Waals surface area contributed by atoms with E-state index in [-0.39, 0.29) is 0 Å². The van der Waals surface area contributed by atoms with Gasteiger partial charge in [0.2, 0.25) is 0 Å². The monoisotopic (exact) mass is 339 g/mol. The molecular weight excluding hydrogens is 314 g/mol. The molecule has 2 atom stereocenters. The average molecular weight is 339 g/mol. The summed E-state index contributed by atoms with van der Waals surface area (Å²) in [5, 5.41) is 0. The van der Waals surface area contributed by atoms with Crippen LogP contribution in [0.1, 0.15) is 11.3 Å². The number of nitrogens with zero attached hydrogens (tertiary/aromatic N) is 3. The molecule has 1 aromatic heterocycles. The highest BCUT2D eigenvalue weighted by Crippen LogP contribution is 2.24. The van der Waals surface area contributed by atoms with E-state index in [2.05, 4.69) is 40.0 Å². The number of benzene rings is 1. The van der Waals surface area contributed by atoms with Crippen molar-refractivity contribution < 1.29 is 9.47 Å². The molecule has 0 aliphatic carbocycles. The van der Waals surface area contributed by atoms with Crippen molar-refractivity contribution >= 4 is 0 Å². The molecule has 0 saturated carbocycles. The minimum absolute atomic E-state index is 0.349. The second kappa shape index (κ2) is 7.52. The van der Waals surface area contributed by atoms with Crippen LogP contribution in [0, 0.1) is 0 Å². The van der Waals surface area contributed by atoms with Crippen molar-refractivity contribution in [3.8, 4) is 5.75 Å². The Morgan fingerprint density at radius 3 is 3.00 bits per heavy atom. The highest BCUT2D eigenvalue weighted by molar-refractivity contribution is 5.29. The third-order valence-electron chi connectivity index (χ3n) is 5.07. The molecule has 0 N–H and O–H groups in total. The molecular formula is C20H25N3O2. The van der Waals surface area contributed by atoms with E-state index in [4.69, 9.17) is 9.47 Å². The molecule has 25 heavy (non-hydrogen) atoms. The summed E-state index contributed by atoms with van der Waals surface area (Å²) in [6.45, 7) is 5.39. The fourth-order valence-corrected chi connectivity index (χ4v) is 3.70. The predicted octanol–water partition coefficient (Wildman–Crippen LogP) is 2.18. The van der Waals surface area contributed by atoms with E-state index >= 15 is 0 Å². The van der Waals surface area contributed by atoms with Crippen LogP contribution in [0.5, 0.6) is 5.75 Å². The van der Waals surface area contributed by atoms with Crippen LogP contribution in [-0.4, -0.2) is 60.2 Å². The van der Waals surface area contributed by atoms with Gasteiger partial charge in [0.25, 0.3) is 0 Å². The molecule has 0 spiro atoms. The van der Waals surface area contributed by atoms with Crippen LogP contribution in [0.25, 0.3) is 0 Å². The first kappa shape index (κ1) is 16.5. The smallest absolute Gasteiger partial charge is 0.130 e. The number of morpholine rings is 1. The van der Waals surface area contributed by atoms with E-state index in [1.165, 1.54) is 5.56 Å². The van der Waals surface area contributed by atoms with E-state index in [1.807, 2.05) is 24.3 Å². The number of hydrogen-bond donors (Lipinski definition) is 0. The van der Waals surface area contributed by atoms with E-state index in [1.54, 1.807) is 6.20 Å². The fourth-order valence-electron chi connectivity index (χ4n) is 3.70. The van der Waals surface area contributed by atoms with Crippen LogP contribution in [0.15, 0.2) is 48.7 Å². The van der Waals surface area contributed by atoms with Gasteiger partial charge in [0.1, 0.15) is 12.4 Å². The van der Waals surface area contributed by atoms with Gasteiger partial charge in [-0.3, -0.25) is 14.8 Å². The zero-order valence-electron chi connectivity index (χ0n) is 14.7. The van der Waals surface area contributed by atoms with Gasteiger partial charge in [0.05, 0.1) is 18.4 Å². The second-order valence-corrected chi connectivity index (χ2v) is 6.91. The fraction of sp³-hybridized carbons (Fsp3) is 0.450. The third kappa shape index (κ3) is 4.00. The minimum atomic E-state index is 0.349. The summed E-state index contributed by atoms with van der Waals surface area (Å²) >= 11 is 0. The summed E-state index contributed by atoms with van der Waals surface area (Å²) in [5.74, 6) is 0.896. The van der Waals surface area contributed by atoms with Crippen LogP contribution in [0.4, 0.5) is 0 Å². The van der Waals surface area contributed by atoms with Gasteiger partial charge in [0.15, 0.2) is 0 Å². The molecule has 5 nitrogen and oxygen atoms in total. The topological polar surface area (TPSA) is 37.8 Å². The molecule has 0 bridgehead atoms. The minimum Gasteiger partial charge on any atom is -0.487 e. The van der Waals surface area contributed by atoms with Crippen LogP contribution >= 0.6 is 0 Å². The van der Waals surface area contributed by atoms with E-state index in [0.717, 1.165) is 44.2 Å². The Morgan fingerprint density at radius 1 is 1.20 bits per heavy atom. The second-order valence-electron chi connectivity index (χ2n) is 6.91. The Morgan fingerprint density at radius 2 is 2.16 bits per heavy atom. The summed E-state index contributed by atoms with van der Waals surface area (Å²) in [7, 11) is 2.20. The lowest BCUT2D eigenvalue weighted by Crippen LogP contribution is -2.48. The molecule has 0 unspecified atom stereocenters. The molecule has 2 saturated heterocycles. The van der Waals surface area contributed by atoms with Crippen LogP contribution in [-0.2, 0) is 17.9 Å². The number of ether oxygens (including phenoxy) is 2. The predicted molar refractivity (Wildman–Crippen MR) is 96.4 cm³/mol. The molecule has 0 radical (unpaired) electrons. The molecule has 5 heteroatoms. The standard InChI is InChI=1S/C20H25N3O2/c1-22-9-10-24-20-14-23(13-19(20)22)12-16-5-4-7-18(11-16)25-15-17-6-2-3-8-21-17/h2-8,11,19-20H,9-10,12-15H2,1H3/t19-,20-/m1/s1. The molecule has 4 rings (SSSR count). The number of rotatable bonds is 5. The maximum absolute atomic E-state index is 5.94. The number of likely N-dealkylation sites (tertiary alicyclic amines) is 1. The highest BCUT2D eigenvalue weighted by atomic mass is 16.5. The third-order valence-corrected chi connectivity index (χ3v) is 5.07. The number of aromatic nitrogens is 1. The first-order chi connectivity index (χ1) is 12.3. The lowest BCUT2D eigenvalue weighted by molar-refractivity contribution is -0.0370. The van der Waals surface area contributed by atoms with Gasteiger partial charge >= 0.3 is 0 Å². The van der Waals surface area contributed by atoms with Gasteiger partial charge in [-0.05, 0) is 36.9 Å². The maximum Gasteiger partial charge on any atom is 0.130 e. The van der Waals surface area contributed by atoms with E-state index < -0.39 is 0 Å². The molecule has 2 aliphatic rings. The van der Waals surface area contributed by atoms with Crippen molar-refractivity contribution in [3.05, 3.63) is 59.9 Å². The lowest BCUT2D eigenvalue weighted by Gasteiger charge is -2.33.